The molecule has 0 aliphatic rings. The van der Waals surface area contributed by atoms with Crippen molar-refractivity contribution in [3.05, 3.63) is 58.0 Å². The molecule has 1 unspecified atom stereocenters. The van der Waals surface area contributed by atoms with Crippen LogP contribution in [0.25, 0.3) is 0 Å². The van der Waals surface area contributed by atoms with Crippen LogP contribution < -0.4 is 5.73 Å². The molecule has 2 N–H and O–H groups in total. The minimum absolute atomic E-state index is 0.151. The van der Waals surface area contributed by atoms with Crippen molar-refractivity contribution in [2.24, 2.45) is 5.73 Å². The van der Waals surface area contributed by atoms with Gasteiger partial charge in [-0.25, -0.2) is 4.79 Å². The highest BCUT2D eigenvalue weighted by molar-refractivity contribution is 9.10. The number of rotatable bonds is 3. The Bertz CT molecular complexity index is 565. The molecule has 0 saturated carbocycles. The fourth-order valence-corrected chi connectivity index (χ4v) is 2.01. The van der Waals surface area contributed by atoms with Gasteiger partial charge in [-0.2, -0.15) is 0 Å². The zero-order valence-corrected chi connectivity index (χ0v) is 11.3. The standard InChI is InChI=1S/C13H12BrNO3/c1-17-13(16)11-6-5-10(18-11)12(15)8-3-2-4-9(14)7-8/h2-7,12H,15H2,1H3. The molecule has 1 aromatic carbocycles. The first kappa shape index (κ1) is 12.9. The van der Waals surface area contributed by atoms with E-state index in [9.17, 15) is 4.79 Å². The van der Waals surface area contributed by atoms with Gasteiger partial charge in [0.05, 0.1) is 13.2 Å². The number of furan rings is 1. The van der Waals surface area contributed by atoms with E-state index in [0.29, 0.717) is 5.76 Å². The molecule has 1 heterocycles. The van der Waals surface area contributed by atoms with E-state index < -0.39 is 12.0 Å². The molecule has 0 saturated heterocycles. The van der Waals surface area contributed by atoms with Crippen LogP contribution in [0.4, 0.5) is 0 Å². The van der Waals surface area contributed by atoms with E-state index in [1.807, 2.05) is 24.3 Å². The van der Waals surface area contributed by atoms with E-state index in [-0.39, 0.29) is 5.76 Å². The van der Waals surface area contributed by atoms with Gasteiger partial charge in [0, 0.05) is 4.47 Å². The minimum atomic E-state index is -0.511. The Kier molecular flexibility index (Phi) is 3.84. The molecule has 0 fully saturated rings. The van der Waals surface area contributed by atoms with Crippen LogP contribution in [0.3, 0.4) is 0 Å². The molecule has 0 radical (unpaired) electrons. The first-order chi connectivity index (χ1) is 8.61. The normalized spacial score (nSPS) is 12.2. The van der Waals surface area contributed by atoms with Crippen molar-refractivity contribution in [1.82, 2.24) is 0 Å². The van der Waals surface area contributed by atoms with E-state index in [0.717, 1.165) is 10.0 Å². The topological polar surface area (TPSA) is 65.5 Å². The fraction of sp³-hybridized carbons (Fsp3) is 0.154. The SMILES string of the molecule is COC(=O)c1ccc(C(N)c2cccc(Br)c2)o1. The summed E-state index contributed by atoms with van der Waals surface area (Å²) in [6.45, 7) is 0. The Balaban J connectivity index is 2.26. The second-order valence-corrected chi connectivity index (χ2v) is 4.64. The Morgan fingerprint density at radius 2 is 2.17 bits per heavy atom. The van der Waals surface area contributed by atoms with Crippen LogP contribution in [0.2, 0.25) is 0 Å². The quantitative estimate of drug-likeness (QED) is 0.885. The average Bonchev–Trinajstić information content (AvgIpc) is 2.86. The lowest BCUT2D eigenvalue weighted by atomic mass is 10.1. The Morgan fingerprint density at radius 1 is 1.39 bits per heavy atom. The van der Waals surface area contributed by atoms with Gasteiger partial charge in [-0.3, -0.25) is 0 Å². The molecule has 2 rings (SSSR count). The van der Waals surface area contributed by atoms with Gasteiger partial charge in [0.1, 0.15) is 5.76 Å². The van der Waals surface area contributed by atoms with Crippen molar-refractivity contribution in [3.63, 3.8) is 0 Å². The van der Waals surface area contributed by atoms with Crippen molar-refractivity contribution in [2.45, 2.75) is 6.04 Å². The first-order valence-corrected chi connectivity index (χ1v) is 6.10. The van der Waals surface area contributed by atoms with Gasteiger partial charge in [0.15, 0.2) is 0 Å². The lowest BCUT2D eigenvalue weighted by Crippen LogP contribution is -2.10. The van der Waals surface area contributed by atoms with Crippen LogP contribution in [-0.2, 0) is 4.74 Å². The maximum atomic E-state index is 11.3. The van der Waals surface area contributed by atoms with E-state index >= 15 is 0 Å². The largest absolute Gasteiger partial charge is 0.463 e. The number of carbonyl (C=O) groups excluding carboxylic acids is 1. The zero-order valence-electron chi connectivity index (χ0n) is 9.72. The third kappa shape index (κ3) is 2.63. The summed E-state index contributed by atoms with van der Waals surface area (Å²) in [5.41, 5.74) is 6.97. The van der Waals surface area contributed by atoms with Crippen LogP contribution >= 0.6 is 15.9 Å². The minimum Gasteiger partial charge on any atom is -0.463 e. The van der Waals surface area contributed by atoms with Gasteiger partial charge in [-0.15, -0.1) is 0 Å². The summed E-state index contributed by atoms with van der Waals surface area (Å²) in [5, 5.41) is 0. The lowest BCUT2D eigenvalue weighted by Gasteiger charge is -2.09. The molecule has 0 bridgehead atoms. The van der Waals surface area contributed by atoms with Gasteiger partial charge >= 0.3 is 5.97 Å². The molecule has 0 spiro atoms. The molecule has 2 aromatic rings. The predicted octanol–water partition coefficient (Wildman–Crippen LogP) is 2.88. The number of halogens is 1. The van der Waals surface area contributed by atoms with E-state index in [1.54, 1.807) is 12.1 Å². The van der Waals surface area contributed by atoms with Crippen LogP contribution in [0.1, 0.15) is 27.9 Å². The maximum Gasteiger partial charge on any atom is 0.373 e. The fourth-order valence-electron chi connectivity index (χ4n) is 1.59. The molecule has 5 heteroatoms. The van der Waals surface area contributed by atoms with Gasteiger partial charge < -0.3 is 14.9 Å². The van der Waals surface area contributed by atoms with Crippen LogP contribution in [0.5, 0.6) is 0 Å². The predicted molar refractivity (Wildman–Crippen MR) is 70.2 cm³/mol. The number of benzene rings is 1. The van der Waals surface area contributed by atoms with Gasteiger partial charge in [-0.05, 0) is 29.8 Å². The molecule has 94 valence electrons. The summed E-state index contributed by atoms with van der Waals surface area (Å²) in [6, 6.07) is 10.4. The Labute approximate surface area is 113 Å². The van der Waals surface area contributed by atoms with Crippen molar-refractivity contribution in [1.29, 1.82) is 0 Å². The summed E-state index contributed by atoms with van der Waals surface area (Å²) < 4.78 is 10.9. The molecule has 18 heavy (non-hydrogen) atoms. The smallest absolute Gasteiger partial charge is 0.373 e. The summed E-state index contributed by atoms with van der Waals surface area (Å²) in [4.78, 5) is 11.3. The second-order valence-electron chi connectivity index (χ2n) is 3.73. The van der Waals surface area contributed by atoms with Crippen molar-refractivity contribution < 1.29 is 13.9 Å². The van der Waals surface area contributed by atoms with Crippen molar-refractivity contribution in [2.75, 3.05) is 7.11 Å². The number of nitrogens with two attached hydrogens (primary N) is 1. The van der Waals surface area contributed by atoms with E-state index in [2.05, 4.69) is 20.7 Å². The molecule has 0 aliphatic heterocycles. The zero-order chi connectivity index (χ0) is 13.1. The van der Waals surface area contributed by atoms with Crippen LogP contribution in [0.15, 0.2) is 45.3 Å². The first-order valence-electron chi connectivity index (χ1n) is 5.31. The average molecular weight is 310 g/mol. The Hall–Kier alpha value is -1.59. The van der Waals surface area contributed by atoms with Crippen LogP contribution in [-0.4, -0.2) is 13.1 Å². The highest BCUT2D eigenvalue weighted by Crippen LogP contribution is 2.24. The molecule has 1 atom stereocenters. The van der Waals surface area contributed by atoms with E-state index in [1.165, 1.54) is 7.11 Å². The Morgan fingerprint density at radius 3 is 2.83 bits per heavy atom. The summed E-state index contributed by atoms with van der Waals surface area (Å²) in [6.07, 6.45) is 0. The molecule has 4 nitrogen and oxygen atoms in total. The second kappa shape index (κ2) is 5.37. The maximum absolute atomic E-state index is 11.3. The molecule has 0 amide bonds. The van der Waals surface area contributed by atoms with Crippen molar-refractivity contribution >= 4 is 21.9 Å². The molecule has 1 aromatic heterocycles. The van der Waals surface area contributed by atoms with E-state index in [4.69, 9.17) is 10.2 Å². The van der Waals surface area contributed by atoms with Gasteiger partial charge in [-0.1, -0.05) is 28.1 Å². The highest BCUT2D eigenvalue weighted by Gasteiger charge is 2.17. The number of ether oxygens (including phenoxy) is 1. The summed E-state index contributed by atoms with van der Waals surface area (Å²) >= 11 is 3.38. The third-order valence-electron chi connectivity index (χ3n) is 2.53. The number of hydrogen-bond donors (Lipinski definition) is 1. The van der Waals surface area contributed by atoms with Gasteiger partial charge in [0.2, 0.25) is 5.76 Å². The number of methoxy groups -OCH3 is 1. The number of hydrogen-bond acceptors (Lipinski definition) is 4. The number of esters is 1. The van der Waals surface area contributed by atoms with Crippen LogP contribution in [0, 0.1) is 0 Å². The summed E-state index contributed by atoms with van der Waals surface area (Å²) in [7, 11) is 1.30. The summed E-state index contributed by atoms with van der Waals surface area (Å²) in [5.74, 6) is 0.161. The molecule has 0 aliphatic carbocycles. The monoisotopic (exact) mass is 309 g/mol. The highest BCUT2D eigenvalue weighted by atomic mass is 79.9. The van der Waals surface area contributed by atoms with Crippen molar-refractivity contribution in [3.8, 4) is 0 Å². The molecular weight excluding hydrogens is 298 g/mol. The molecular formula is C13H12BrNO3. The lowest BCUT2D eigenvalue weighted by molar-refractivity contribution is 0.0562. The third-order valence-corrected chi connectivity index (χ3v) is 3.02. The number of carbonyl (C=O) groups is 1. The van der Waals surface area contributed by atoms with Gasteiger partial charge in [0.25, 0.3) is 0 Å².